The Labute approximate surface area is 199 Å². The number of imidazole rings is 1. The quantitative estimate of drug-likeness (QED) is 0.313. The Balaban J connectivity index is 1.45. The van der Waals surface area contributed by atoms with Crippen molar-refractivity contribution in [2.24, 2.45) is 0 Å². The molecule has 1 aromatic heterocycles. The molecule has 1 fully saturated rings. The zero-order valence-electron chi connectivity index (χ0n) is 18.9. The van der Waals surface area contributed by atoms with E-state index in [-0.39, 0.29) is 11.8 Å². The van der Waals surface area contributed by atoms with Gasteiger partial charge in [0, 0.05) is 29.6 Å². The van der Waals surface area contributed by atoms with Crippen LogP contribution in [0.1, 0.15) is 49.1 Å². The van der Waals surface area contributed by atoms with Crippen LogP contribution in [-0.2, 0) is 17.8 Å². The molecule has 3 aromatic carbocycles. The number of benzene rings is 3. The highest BCUT2D eigenvalue weighted by Crippen LogP contribution is 2.34. The summed E-state index contributed by atoms with van der Waals surface area (Å²) in [5, 5.41) is 0.744. The van der Waals surface area contributed by atoms with Crippen LogP contribution in [0.3, 0.4) is 0 Å². The van der Waals surface area contributed by atoms with E-state index in [4.69, 9.17) is 16.6 Å². The molecule has 2 heterocycles. The van der Waals surface area contributed by atoms with Crippen molar-refractivity contribution in [3.63, 3.8) is 0 Å². The fourth-order valence-corrected chi connectivity index (χ4v) is 4.92. The number of para-hydroxylation sites is 2. The Morgan fingerprint density at radius 1 is 1.00 bits per heavy atom. The van der Waals surface area contributed by atoms with Gasteiger partial charge in [0.1, 0.15) is 5.82 Å². The van der Waals surface area contributed by atoms with Gasteiger partial charge in [-0.15, -0.1) is 0 Å². The molecule has 0 N–H and O–H groups in total. The zero-order chi connectivity index (χ0) is 22.8. The summed E-state index contributed by atoms with van der Waals surface area (Å²) in [6, 6.07) is 24.5. The van der Waals surface area contributed by atoms with Crippen molar-refractivity contribution >= 4 is 34.2 Å². The molecule has 1 saturated heterocycles. The second-order valence-corrected chi connectivity index (χ2v) is 9.22. The molecule has 4 aromatic rings. The fourth-order valence-electron chi connectivity index (χ4n) is 4.72. The van der Waals surface area contributed by atoms with Gasteiger partial charge in [-0.2, -0.15) is 0 Å². The molecular weight excluding hydrogens is 430 g/mol. The van der Waals surface area contributed by atoms with Gasteiger partial charge in [-0.25, -0.2) is 4.98 Å². The van der Waals surface area contributed by atoms with E-state index in [2.05, 4.69) is 41.8 Å². The third-order valence-electron chi connectivity index (χ3n) is 6.53. The lowest BCUT2D eigenvalue weighted by Gasteiger charge is -2.18. The molecule has 4 nitrogen and oxygen atoms in total. The molecule has 33 heavy (non-hydrogen) atoms. The van der Waals surface area contributed by atoms with E-state index in [0.29, 0.717) is 19.5 Å². The SMILES string of the molecule is CCCCc1ccc(N2CC(c3nc4ccccc4n3Cc3ccccc3Cl)CC2=O)cc1. The van der Waals surface area contributed by atoms with Crippen LogP contribution in [0.5, 0.6) is 0 Å². The topological polar surface area (TPSA) is 38.1 Å². The number of amides is 1. The molecular formula is C28H28ClN3O. The maximum Gasteiger partial charge on any atom is 0.227 e. The van der Waals surface area contributed by atoms with Crippen molar-refractivity contribution in [1.29, 1.82) is 0 Å². The molecule has 0 radical (unpaired) electrons. The van der Waals surface area contributed by atoms with Crippen molar-refractivity contribution in [2.75, 3.05) is 11.4 Å². The van der Waals surface area contributed by atoms with Crippen molar-refractivity contribution in [2.45, 2.75) is 45.1 Å². The summed E-state index contributed by atoms with van der Waals surface area (Å²) in [6.45, 7) is 3.47. The number of aromatic nitrogens is 2. The molecule has 0 spiro atoms. The number of carbonyl (C=O) groups excluding carboxylic acids is 1. The van der Waals surface area contributed by atoms with Gasteiger partial charge in [-0.1, -0.05) is 67.4 Å². The summed E-state index contributed by atoms with van der Waals surface area (Å²) in [4.78, 5) is 19.9. The Morgan fingerprint density at radius 3 is 2.55 bits per heavy atom. The van der Waals surface area contributed by atoms with E-state index < -0.39 is 0 Å². The molecule has 1 amide bonds. The Kier molecular flexibility index (Phi) is 6.19. The number of anilines is 1. The number of fused-ring (bicyclic) bond motifs is 1. The van der Waals surface area contributed by atoms with Gasteiger partial charge in [0.15, 0.2) is 0 Å². The summed E-state index contributed by atoms with van der Waals surface area (Å²) in [6.07, 6.45) is 3.91. The van der Waals surface area contributed by atoms with E-state index in [1.807, 2.05) is 47.4 Å². The lowest BCUT2D eigenvalue weighted by molar-refractivity contribution is -0.117. The number of carbonyl (C=O) groups is 1. The highest BCUT2D eigenvalue weighted by Gasteiger charge is 2.35. The molecule has 1 unspecified atom stereocenters. The number of nitrogens with zero attached hydrogens (tertiary/aromatic N) is 3. The minimum Gasteiger partial charge on any atom is -0.323 e. The number of hydrogen-bond donors (Lipinski definition) is 0. The third-order valence-corrected chi connectivity index (χ3v) is 6.90. The number of halogens is 1. The maximum atomic E-state index is 13.0. The Bertz CT molecular complexity index is 1280. The number of hydrogen-bond acceptors (Lipinski definition) is 2. The summed E-state index contributed by atoms with van der Waals surface area (Å²) in [5.41, 5.74) is 5.36. The molecule has 5 rings (SSSR count). The molecule has 168 valence electrons. The Morgan fingerprint density at radius 2 is 1.76 bits per heavy atom. The predicted octanol–water partition coefficient (Wildman–Crippen LogP) is 6.60. The number of unbranched alkanes of at least 4 members (excludes halogenated alkanes) is 1. The van der Waals surface area contributed by atoms with Gasteiger partial charge in [-0.3, -0.25) is 4.79 Å². The van der Waals surface area contributed by atoms with E-state index in [9.17, 15) is 4.79 Å². The second-order valence-electron chi connectivity index (χ2n) is 8.81. The lowest BCUT2D eigenvalue weighted by atomic mass is 10.1. The van der Waals surface area contributed by atoms with Crippen LogP contribution < -0.4 is 4.90 Å². The van der Waals surface area contributed by atoms with E-state index in [1.165, 1.54) is 18.4 Å². The van der Waals surface area contributed by atoms with Gasteiger partial charge in [0.05, 0.1) is 17.6 Å². The minimum absolute atomic E-state index is 0.0344. The van der Waals surface area contributed by atoms with E-state index in [1.54, 1.807) is 0 Å². The largest absolute Gasteiger partial charge is 0.323 e. The van der Waals surface area contributed by atoms with Crippen molar-refractivity contribution in [1.82, 2.24) is 9.55 Å². The van der Waals surface area contributed by atoms with Crippen LogP contribution in [0.15, 0.2) is 72.8 Å². The number of rotatable bonds is 7. The first-order valence-corrected chi connectivity index (χ1v) is 12.1. The average molecular weight is 458 g/mol. The van der Waals surface area contributed by atoms with Crippen LogP contribution in [-0.4, -0.2) is 22.0 Å². The molecule has 0 saturated carbocycles. The normalized spacial score (nSPS) is 16.1. The average Bonchev–Trinajstić information content (AvgIpc) is 3.40. The summed E-state index contributed by atoms with van der Waals surface area (Å²) >= 11 is 6.48. The first-order valence-electron chi connectivity index (χ1n) is 11.7. The minimum atomic E-state index is 0.0344. The van der Waals surface area contributed by atoms with Gasteiger partial charge in [-0.05, 0) is 54.3 Å². The number of aryl methyl sites for hydroxylation is 1. The predicted molar refractivity (Wildman–Crippen MR) is 135 cm³/mol. The summed E-state index contributed by atoms with van der Waals surface area (Å²) in [5.74, 6) is 1.14. The van der Waals surface area contributed by atoms with Crippen LogP contribution in [0.2, 0.25) is 5.02 Å². The third kappa shape index (κ3) is 4.40. The zero-order valence-corrected chi connectivity index (χ0v) is 19.6. The molecule has 0 aliphatic carbocycles. The van der Waals surface area contributed by atoms with Gasteiger partial charge in [0.25, 0.3) is 0 Å². The molecule has 1 aliphatic rings. The molecule has 1 atom stereocenters. The smallest absolute Gasteiger partial charge is 0.227 e. The van der Waals surface area contributed by atoms with E-state index in [0.717, 1.165) is 39.6 Å². The van der Waals surface area contributed by atoms with Crippen LogP contribution >= 0.6 is 11.6 Å². The molecule has 5 heteroatoms. The first-order chi connectivity index (χ1) is 16.1. The van der Waals surface area contributed by atoms with Crippen LogP contribution in [0.25, 0.3) is 11.0 Å². The van der Waals surface area contributed by atoms with Crippen LogP contribution in [0.4, 0.5) is 5.69 Å². The monoisotopic (exact) mass is 457 g/mol. The van der Waals surface area contributed by atoms with Crippen LogP contribution in [0, 0.1) is 0 Å². The lowest BCUT2D eigenvalue weighted by Crippen LogP contribution is -2.24. The van der Waals surface area contributed by atoms with Gasteiger partial charge < -0.3 is 9.47 Å². The standard InChI is InChI=1S/C28H28ClN3O/c1-2-3-8-20-13-15-23(16-14-20)31-19-22(17-27(31)33)28-30-25-11-6-7-12-26(25)32(28)18-21-9-4-5-10-24(21)29/h4-7,9-16,22H,2-3,8,17-19H2,1H3. The summed E-state index contributed by atoms with van der Waals surface area (Å²) < 4.78 is 2.23. The van der Waals surface area contributed by atoms with Crippen molar-refractivity contribution in [3.05, 3.63) is 94.8 Å². The first kappa shape index (κ1) is 21.7. The highest BCUT2D eigenvalue weighted by atomic mass is 35.5. The van der Waals surface area contributed by atoms with Crippen molar-refractivity contribution in [3.8, 4) is 0 Å². The van der Waals surface area contributed by atoms with Gasteiger partial charge >= 0.3 is 0 Å². The fraction of sp³-hybridized carbons (Fsp3) is 0.286. The Hall–Kier alpha value is -3.11. The summed E-state index contributed by atoms with van der Waals surface area (Å²) in [7, 11) is 0. The highest BCUT2D eigenvalue weighted by molar-refractivity contribution is 6.31. The maximum absolute atomic E-state index is 13.0. The van der Waals surface area contributed by atoms with Crippen molar-refractivity contribution < 1.29 is 4.79 Å². The second kappa shape index (κ2) is 9.40. The molecule has 1 aliphatic heterocycles. The molecule has 0 bridgehead atoms. The van der Waals surface area contributed by atoms with Gasteiger partial charge in [0.2, 0.25) is 5.91 Å². The van der Waals surface area contributed by atoms with E-state index >= 15 is 0 Å².